The number of carbonyl (C=O) groups is 2. The number of likely N-dealkylation sites (tertiary alicyclic amines) is 1. The van der Waals surface area contributed by atoms with Crippen molar-refractivity contribution in [3.8, 4) is 0 Å². The van der Waals surface area contributed by atoms with Crippen molar-refractivity contribution in [2.45, 2.75) is 25.9 Å². The molecule has 118 valence electrons. The van der Waals surface area contributed by atoms with Crippen LogP contribution in [0.3, 0.4) is 0 Å². The minimum absolute atomic E-state index is 0.273. The Bertz CT molecular complexity index is 538. The summed E-state index contributed by atoms with van der Waals surface area (Å²) in [7, 11) is 0. The monoisotopic (exact) mass is 302 g/mol. The lowest BCUT2D eigenvalue weighted by Crippen LogP contribution is -2.57. The van der Waals surface area contributed by atoms with Crippen LogP contribution in [-0.4, -0.2) is 43.0 Å². The van der Waals surface area contributed by atoms with Gasteiger partial charge in [0.05, 0.1) is 5.41 Å². The first-order chi connectivity index (χ1) is 10.7. The van der Waals surface area contributed by atoms with E-state index in [-0.39, 0.29) is 18.5 Å². The van der Waals surface area contributed by atoms with Crippen molar-refractivity contribution in [1.29, 1.82) is 0 Å². The van der Waals surface area contributed by atoms with Crippen LogP contribution < -0.4 is 5.32 Å². The highest BCUT2D eigenvalue weighted by Crippen LogP contribution is 2.33. The molecule has 0 radical (unpaired) electrons. The second-order valence-corrected chi connectivity index (χ2v) is 6.20. The Morgan fingerprint density at radius 2 is 2.14 bits per heavy atom. The van der Waals surface area contributed by atoms with Crippen LogP contribution in [0.2, 0.25) is 0 Å². The maximum absolute atomic E-state index is 12.3. The molecule has 5 heteroatoms. The lowest BCUT2D eigenvalue weighted by molar-refractivity contribution is -0.134. The second-order valence-electron chi connectivity index (χ2n) is 6.20. The lowest BCUT2D eigenvalue weighted by Gasteiger charge is -2.43. The summed E-state index contributed by atoms with van der Waals surface area (Å²) < 4.78 is 5.39. The highest BCUT2D eigenvalue weighted by Gasteiger charge is 2.44. The van der Waals surface area contributed by atoms with Gasteiger partial charge in [0.2, 0.25) is 0 Å². The predicted molar refractivity (Wildman–Crippen MR) is 82.4 cm³/mol. The van der Waals surface area contributed by atoms with Gasteiger partial charge in [-0.1, -0.05) is 30.3 Å². The average Bonchev–Trinajstić information content (AvgIpc) is 2.57. The molecule has 1 aromatic rings. The number of hydrogen-bond acceptors (Lipinski definition) is 4. The molecule has 1 aromatic carbocycles. The quantitative estimate of drug-likeness (QED) is 0.907. The van der Waals surface area contributed by atoms with Gasteiger partial charge in [0.25, 0.3) is 0 Å². The number of Topliss-reactive ketones (excluding diaryl/α,β-unsaturated/α-hetero) is 1. The van der Waals surface area contributed by atoms with Gasteiger partial charge >= 0.3 is 6.09 Å². The van der Waals surface area contributed by atoms with Crippen molar-refractivity contribution < 1.29 is 14.3 Å². The number of hydrogen-bond donors (Lipinski definition) is 1. The van der Waals surface area contributed by atoms with Crippen LogP contribution in [-0.2, 0) is 16.1 Å². The molecule has 0 aliphatic carbocycles. The molecule has 2 saturated heterocycles. The molecule has 1 amide bonds. The van der Waals surface area contributed by atoms with Crippen LogP contribution in [0.5, 0.6) is 0 Å². The molecule has 1 N–H and O–H groups in total. The van der Waals surface area contributed by atoms with E-state index in [0.29, 0.717) is 26.1 Å². The van der Waals surface area contributed by atoms with Gasteiger partial charge in [-0.3, -0.25) is 4.79 Å². The molecule has 2 aliphatic rings. The first-order valence-electron chi connectivity index (χ1n) is 7.89. The van der Waals surface area contributed by atoms with Gasteiger partial charge in [-0.25, -0.2) is 4.79 Å². The van der Waals surface area contributed by atoms with Gasteiger partial charge in [-0.2, -0.15) is 0 Å². The molecule has 22 heavy (non-hydrogen) atoms. The third kappa shape index (κ3) is 3.14. The summed E-state index contributed by atoms with van der Waals surface area (Å²) in [5.74, 6) is 0.284. The summed E-state index contributed by atoms with van der Waals surface area (Å²) in [4.78, 5) is 26.3. The Labute approximate surface area is 130 Å². The van der Waals surface area contributed by atoms with Crippen molar-refractivity contribution >= 4 is 11.9 Å². The third-order valence-corrected chi connectivity index (χ3v) is 4.63. The molecule has 1 spiro atoms. The topological polar surface area (TPSA) is 58.6 Å². The molecule has 5 nitrogen and oxygen atoms in total. The smallest absolute Gasteiger partial charge is 0.410 e. The van der Waals surface area contributed by atoms with E-state index in [2.05, 4.69) is 5.32 Å². The zero-order valence-electron chi connectivity index (χ0n) is 12.7. The number of rotatable bonds is 2. The maximum atomic E-state index is 12.3. The number of piperidine rings is 2. The number of ketones is 1. The standard InChI is InChI=1S/C17H22N2O3/c20-15-7-10-19(13-17(15)8-4-9-18-12-17)16(21)22-11-14-5-2-1-3-6-14/h1-3,5-6,18H,4,7-13H2. The molecule has 2 heterocycles. The zero-order chi connectivity index (χ0) is 15.4. The summed E-state index contributed by atoms with van der Waals surface area (Å²) in [6, 6.07) is 9.64. The molecular formula is C17H22N2O3. The molecular weight excluding hydrogens is 280 g/mol. The fourth-order valence-corrected chi connectivity index (χ4v) is 3.34. The number of benzene rings is 1. The van der Waals surface area contributed by atoms with Gasteiger partial charge in [0, 0.05) is 26.1 Å². The molecule has 0 bridgehead atoms. The van der Waals surface area contributed by atoms with Gasteiger partial charge < -0.3 is 15.0 Å². The van der Waals surface area contributed by atoms with Crippen molar-refractivity contribution in [3.63, 3.8) is 0 Å². The lowest BCUT2D eigenvalue weighted by atomic mass is 9.73. The molecule has 2 fully saturated rings. The first kappa shape index (κ1) is 15.0. The van der Waals surface area contributed by atoms with E-state index in [0.717, 1.165) is 24.9 Å². The first-order valence-corrected chi connectivity index (χ1v) is 7.89. The minimum atomic E-state index is -0.401. The summed E-state index contributed by atoms with van der Waals surface area (Å²) in [5, 5.41) is 3.29. The van der Waals surface area contributed by atoms with Gasteiger partial charge in [0.15, 0.2) is 0 Å². The Morgan fingerprint density at radius 3 is 2.86 bits per heavy atom. The third-order valence-electron chi connectivity index (χ3n) is 4.63. The van der Waals surface area contributed by atoms with E-state index >= 15 is 0 Å². The van der Waals surface area contributed by atoms with E-state index in [4.69, 9.17) is 4.74 Å². The molecule has 3 rings (SSSR count). The van der Waals surface area contributed by atoms with Crippen molar-refractivity contribution in [2.75, 3.05) is 26.2 Å². The number of nitrogens with zero attached hydrogens (tertiary/aromatic N) is 1. The molecule has 0 aromatic heterocycles. The van der Waals surface area contributed by atoms with Crippen molar-refractivity contribution in [1.82, 2.24) is 10.2 Å². The van der Waals surface area contributed by atoms with Gasteiger partial charge in [-0.05, 0) is 24.9 Å². The Balaban J connectivity index is 1.59. The maximum Gasteiger partial charge on any atom is 0.410 e. The fraction of sp³-hybridized carbons (Fsp3) is 0.529. The van der Waals surface area contributed by atoms with Crippen LogP contribution in [0.15, 0.2) is 30.3 Å². The largest absolute Gasteiger partial charge is 0.445 e. The highest BCUT2D eigenvalue weighted by atomic mass is 16.6. The van der Waals surface area contributed by atoms with Crippen LogP contribution in [0, 0.1) is 5.41 Å². The number of nitrogens with one attached hydrogen (secondary N) is 1. The summed E-state index contributed by atoms with van der Waals surface area (Å²) in [5.41, 5.74) is 0.570. The molecule has 1 atom stereocenters. The summed E-state index contributed by atoms with van der Waals surface area (Å²) >= 11 is 0. The second kappa shape index (κ2) is 6.48. The highest BCUT2D eigenvalue weighted by molar-refractivity contribution is 5.88. The van der Waals surface area contributed by atoms with Crippen LogP contribution in [0.1, 0.15) is 24.8 Å². The van der Waals surface area contributed by atoms with Crippen LogP contribution >= 0.6 is 0 Å². The number of amides is 1. The number of carbonyl (C=O) groups excluding carboxylic acids is 2. The average molecular weight is 302 g/mol. The summed E-state index contributed by atoms with van der Waals surface area (Å²) in [6.07, 6.45) is 1.96. The predicted octanol–water partition coefficient (Wildman–Crippen LogP) is 1.97. The Hall–Kier alpha value is -1.88. The molecule has 1 unspecified atom stereocenters. The minimum Gasteiger partial charge on any atom is -0.445 e. The van der Waals surface area contributed by atoms with Crippen molar-refractivity contribution in [2.24, 2.45) is 5.41 Å². The van der Waals surface area contributed by atoms with Gasteiger partial charge in [0.1, 0.15) is 12.4 Å². The van der Waals surface area contributed by atoms with Crippen LogP contribution in [0.4, 0.5) is 4.79 Å². The Morgan fingerprint density at radius 1 is 1.32 bits per heavy atom. The van der Waals surface area contributed by atoms with E-state index in [1.54, 1.807) is 4.90 Å². The van der Waals surface area contributed by atoms with E-state index < -0.39 is 5.41 Å². The normalized spacial score (nSPS) is 25.3. The SMILES string of the molecule is O=C(OCc1ccccc1)N1CCC(=O)C2(CCCNC2)C1. The van der Waals surface area contributed by atoms with Crippen LogP contribution in [0.25, 0.3) is 0 Å². The van der Waals surface area contributed by atoms with Gasteiger partial charge in [-0.15, -0.1) is 0 Å². The summed E-state index contributed by atoms with van der Waals surface area (Å²) in [6.45, 7) is 2.85. The molecule has 0 saturated carbocycles. The van der Waals surface area contributed by atoms with E-state index in [9.17, 15) is 9.59 Å². The van der Waals surface area contributed by atoms with E-state index in [1.807, 2.05) is 30.3 Å². The van der Waals surface area contributed by atoms with E-state index in [1.165, 1.54) is 0 Å². The fourth-order valence-electron chi connectivity index (χ4n) is 3.34. The van der Waals surface area contributed by atoms with Crippen molar-refractivity contribution in [3.05, 3.63) is 35.9 Å². The Kier molecular flexibility index (Phi) is 4.43. The number of ether oxygens (including phenoxy) is 1. The molecule has 2 aliphatic heterocycles. The zero-order valence-corrected chi connectivity index (χ0v) is 12.7.